The number of aliphatic hydroxyl groups is 1. The molecule has 9 heteroatoms. The molecule has 0 spiro atoms. The van der Waals surface area contributed by atoms with Gasteiger partial charge in [-0.1, -0.05) is 45.0 Å². The summed E-state index contributed by atoms with van der Waals surface area (Å²) >= 11 is 1.60. The zero-order chi connectivity index (χ0) is 25.3. The summed E-state index contributed by atoms with van der Waals surface area (Å²) in [5, 5.41) is 17.7. The number of likely N-dealkylation sites (tertiary alicyclic amines) is 1. The average Bonchev–Trinajstić information content (AvgIpc) is 3.51. The minimum Gasteiger partial charge on any atom is -0.391 e. The van der Waals surface area contributed by atoms with Crippen LogP contribution in [0.1, 0.15) is 50.1 Å². The lowest BCUT2D eigenvalue weighted by molar-refractivity contribution is -0.144. The van der Waals surface area contributed by atoms with Crippen molar-refractivity contribution < 1.29 is 14.7 Å². The third kappa shape index (κ3) is 5.46. The fraction of sp³-hybridized carbons (Fsp3) is 0.462. The predicted molar refractivity (Wildman–Crippen MR) is 136 cm³/mol. The van der Waals surface area contributed by atoms with E-state index in [1.165, 1.54) is 4.90 Å². The lowest BCUT2D eigenvalue weighted by Gasteiger charge is -2.35. The van der Waals surface area contributed by atoms with Gasteiger partial charge >= 0.3 is 0 Å². The molecule has 186 valence electrons. The quantitative estimate of drug-likeness (QED) is 0.545. The Morgan fingerprint density at radius 1 is 1.23 bits per heavy atom. The molecule has 3 heterocycles. The van der Waals surface area contributed by atoms with Gasteiger partial charge in [0, 0.05) is 25.7 Å². The van der Waals surface area contributed by atoms with Gasteiger partial charge in [0.25, 0.3) is 0 Å². The lowest BCUT2D eigenvalue weighted by atomic mass is 9.85. The lowest BCUT2D eigenvalue weighted by Crippen LogP contribution is -2.50. The number of aryl methyl sites for hydroxylation is 2. The molecule has 2 aromatic heterocycles. The van der Waals surface area contributed by atoms with Gasteiger partial charge in [-0.2, -0.15) is 5.10 Å². The van der Waals surface area contributed by atoms with E-state index < -0.39 is 23.6 Å². The Bertz CT molecular complexity index is 1190. The normalized spacial score (nSPS) is 19.1. The van der Waals surface area contributed by atoms with E-state index in [0.29, 0.717) is 6.54 Å². The summed E-state index contributed by atoms with van der Waals surface area (Å²) in [5.74, 6) is -0.469. The van der Waals surface area contributed by atoms with E-state index in [4.69, 9.17) is 0 Å². The van der Waals surface area contributed by atoms with Gasteiger partial charge in [-0.25, -0.2) is 4.98 Å². The van der Waals surface area contributed by atoms with Crippen LogP contribution in [0.25, 0.3) is 10.4 Å². The van der Waals surface area contributed by atoms with Crippen LogP contribution in [0.4, 0.5) is 0 Å². The number of carbonyl (C=O) groups is 2. The van der Waals surface area contributed by atoms with Gasteiger partial charge in [0.1, 0.15) is 12.1 Å². The third-order valence-corrected chi connectivity index (χ3v) is 7.32. The molecule has 3 aromatic rings. The molecule has 2 amide bonds. The first-order valence-corrected chi connectivity index (χ1v) is 12.7. The van der Waals surface area contributed by atoms with Crippen LogP contribution in [0.3, 0.4) is 0 Å². The molecule has 8 nitrogen and oxygen atoms in total. The van der Waals surface area contributed by atoms with E-state index in [1.807, 2.05) is 70.6 Å². The highest BCUT2D eigenvalue weighted by molar-refractivity contribution is 7.13. The summed E-state index contributed by atoms with van der Waals surface area (Å²) in [6, 6.07) is 6.71. The second kappa shape index (κ2) is 9.91. The van der Waals surface area contributed by atoms with Crippen LogP contribution in [0.2, 0.25) is 0 Å². The highest BCUT2D eigenvalue weighted by Crippen LogP contribution is 2.34. The van der Waals surface area contributed by atoms with Gasteiger partial charge < -0.3 is 15.3 Å². The Balaban J connectivity index is 1.46. The SMILES string of the molecule is Cc1cnn([C@H](C(=O)N2C[C@H](O)C[C@H]2C(=O)NCc2ccc(-c3scnc3C)cc2)C(C)(C)C)c1. The number of thiazole rings is 1. The van der Waals surface area contributed by atoms with E-state index >= 15 is 0 Å². The monoisotopic (exact) mass is 495 g/mol. The number of hydrogen-bond acceptors (Lipinski definition) is 6. The number of aromatic nitrogens is 3. The number of hydrogen-bond donors (Lipinski definition) is 2. The second-order valence-electron chi connectivity index (χ2n) is 10.3. The Kier molecular flexibility index (Phi) is 7.10. The summed E-state index contributed by atoms with van der Waals surface area (Å²) in [7, 11) is 0. The molecule has 1 aromatic carbocycles. The van der Waals surface area contributed by atoms with Crippen molar-refractivity contribution in [3.63, 3.8) is 0 Å². The zero-order valence-electron chi connectivity index (χ0n) is 20.9. The van der Waals surface area contributed by atoms with Crippen molar-refractivity contribution in [1.29, 1.82) is 0 Å². The van der Waals surface area contributed by atoms with Crippen molar-refractivity contribution in [3.05, 3.63) is 59.0 Å². The second-order valence-corrected chi connectivity index (χ2v) is 11.2. The van der Waals surface area contributed by atoms with E-state index in [0.717, 1.165) is 27.3 Å². The largest absolute Gasteiger partial charge is 0.391 e. The smallest absolute Gasteiger partial charge is 0.248 e. The predicted octanol–water partition coefficient (Wildman–Crippen LogP) is 3.49. The van der Waals surface area contributed by atoms with Crippen LogP contribution in [0.15, 0.2) is 42.2 Å². The standard InChI is InChI=1S/C26H33N5O3S/c1-16-11-29-31(13-16)23(26(3,4)5)25(34)30-14-20(32)10-21(30)24(33)27-12-18-6-8-19(9-7-18)22-17(2)28-15-35-22/h6-9,11,13,15,20-21,23,32H,10,12,14H2,1-5H3,(H,27,33)/t20-,21+,23-/m1/s1. The summed E-state index contributed by atoms with van der Waals surface area (Å²) in [6.07, 6.45) is 3.04. The van der Waals surface area contributed by atoms with Crippen LogP contribution in [0, 0.1) is 19.3 Å². The zero-order valence-corrected chi connectivity index (χ0v) is 21.7. The van der Waals surface area contributed by atoms with E-state index in [9.17, 15) is 14.7 Å². The number of benzene rings is 1. The van der Waals surface area contributed by atoms with Crippen LogP contribution < -0.4 is 5.32 Å². The topological polar surface area (TPSA) is 100 Å². The first-order valence-electron chi connectivity index (χ1n) is 11.8. The van der Waals surface area contributed by atoms with Crippen molar-refractivity contribution in [2.24, 2.45) is 5.41 Å². The molecule has 0 aliphatic carbocycles. The first-order chi connectivity index (χ1) is 16.5. The van der Waals surface area contributed by atoms with Gasteiger partial charge in [-0.05, 0) is 36.0 Å². The fourth-order valence-electron chi connectivity index (χ4n) is 4.58. The molecule has 4 rings (SSSR count). The summed E-state index contributed by atoms with van der Waals surface area (Å²) in [5.41, 5.74) is 5.42. The molecule has 0 unspecified atom stereocenters. The molecule has 1 fully saturated rings. The first kappa shape index (κ1) is 25.1. The van der Waals surface area contributed by atoms with Gasteiger partial charge in [0.2, 0.25) is 11.8 Å². The molecule has 35 heavy (non-hydrogen) atoms. The minimum absolute atomic E-state index is 0.132. The van der Waals surface area contributed by atoms with Gasteiger partial charge in [0.05, 0.1) is 28.4 Å². The van der Waals surface area contributed by atoms with Crippen molar-refractivity contribution in [1.82, 2.24) is 25.0 Å². The molecular formula is C26H33N5O3S. The Morgan fingerprint density at radius 3 is 2.51 bits per heavy atom. The number of amides is 2. The van der Waals surface area contributed by atoms with Gasteiger partial charge in [-0.15, -0.1) is 11.3 Å². The van der Waals surface area contributed by atoms with Crippen molar-refractivity contribution in [2.45, 2.75) is 65.8 Å². The fourth-order valence-corrected chi connectivity index (χ4v) is 5.39. The van der Waals surface area contributed by atoms with Gasteiger partial charge in [-0.3, -0.25) is 14.3 Å². The van der Waals surface area contributed by atoms with Gasteiger partial charge in [0.15, 0.2) is 0 Å². The number of β-amino-alcohol motifs (C(OH)–C–C–N with tert-alkyl or cyclic N) is 1. The van der Waals surface area contributed by atoms with Crippen molar-refractivity contribution in [2.75, 3.05) is 6.54 Å². The maximum absolute atomic E-state index is 13.7. The molecule has 0 bridgehead atoms. The van der Waals surface area contributed by atoms with Crippen LogP contribution in [-0.4, -0.2) is 55.3 Å². The van der Waals surface area contributed by atoms with Crippen molar-refractivity contribution >= 4 is 23.2 Å². The highest BCUT2D eigenvalue weighted by Gasteiger charge is 2.44. The Hall–Kier alpha value is -3.04. The Morgan fingerprint density at radius 2 is 1.94 bits per heavy atom. The Labute approximate surface area is 210 Å². The maximum atomic E-state index is 13.7. The van der Waals surface area contributed by atoms with Crippen LogP contribution >= 0.6 is 11.3 Å². The molecule has 1 aliphatic rings. The highest BCUT2D eigenvalue weighted by atomic mass is 32.1. The van der Waals surface area contributed by atoms with E-state index in [-0.39, 0.29) is 24.8 Å². The molecule has 1 aliphatic heterocycles. The summed E-state index contributed by atoms with van der Waals surface area (Å²) in [4.78, 5) is 33.8. The molecule has 0 saturated carbocycles. The van der Waals surface area contributed by atoms with Crippen molar-refractivity contribution in [3.8, 4) is 10.4 Å². The minimum atomic E-state index is -0.739. The molecule has 1 saturated heterocycles. The van der Waals surface area contributed by atoms with Crippen LogP contribution in [0.5, 0.6) is 0 Å². The number of nitrogens with one attached hydrogen (secondary N) is 1. The molecular weight excluding hydrogens is 462 g/mol. The average molecular weight is 496 g/mol. The number of nitrogens with zero attached hydrogens (tertiary/aromatic N) is 4. The summed E-state index contributed by atoms with van der Waals surface area (Å²) in [6.45, 7) is 10.3. The molecule has 0 radical (unpaired) electrons. The molecule has 2 N–H and O–H groups in total. The van der Waals surface area contributed by atoms with E-state index in [2.05, 4.69) is 15.4 Å². The molecule has 3 atom stereocenters. The number of carbonyl (C=O) groups excluding carboxylic acids is 2. The maximum Gasteiger partial charge on any atom is 0.248 e. The van der Waals surface area contributed by atoms with E-state index in [1.54, 1.807) is 22.2 Å². The number of aliphatic hydroxyl groups excluding tert-OH is 1. The third-order valence-electron chi connectivity index (χ3n) is 6.34. The van der Waals surface area contributed by atoms with Crippen LogP contribution in [-0.2, 0) is 16.1 Å². The summed E-state index contributed by atoms with van der Waals surface area (Å²) < 4.78 is 1.67. The number of rotatable bonds is 6.